The second-order valence-electron chi connectivity index (χ2n) is 6.76. The molecule has 0 aliphatic heterocycles. The summed E-state index contributed by atoms with van der Waals surface area (Å²) in [5.41, 5.74) is 3.81. The number of aromatic nitrogens is 1. The number of carbonyl (C=O) groups excluding carboxylic acids is 1. The molecule has 2 N–H and O–H groups in total. The van der Waals surface area contributed by atoms with Gasteiger partial charge in [-0.1, -0.05) is 48.5 Å². The highest BCUT2D eigenvalue weighted by molar-refractivity contribution is 9.10. The van der Waals surface area contributed by atoms with Gasteiger partial charge in [-0.2, -0.15) is 0 Å². The molecular formula is C22H16BrFN2O4. The van der Waals surface area contributed by atoms with Crippen LogP contribution in [0.2, 0.25) is 0 Å². The number of ether oxygens (including phenoxy) is 1. The topological polar surface area (TPSA) is 88.5 Å². The van der Waals surface area contributed by atoms with Crippen molar-refractivity contribution >= 4 is 28.0 Å². The number of amides is 1. The van der Waals surface area contributed by atoms with Gasteiger partial charge in [0.1, 0.15) is 18.1 Å². The van der Waals surface area contributed by atoms with Crippen LogP contribution >= 0.6 is 15.9 Å². The number of halogens is 2. The number of carboxylic acid groups (broad SMARTS) is 1. The molecular weight excluding hydrogens is 455 g/mol. The summed E-state index contributed by atoms with van der Waals surface area (Å²) in [5, 5.41) is 11.6. The van der Waals surface area contributed by atoms with Gasteiger partial charge in [-0.3, -0.25) is 4.98 Å². The van der Waals surface area contributed by atoms with Crippen LogP contribution in [0, 0.1) is 5.82 Å². The van der Waals surface area contributed by atoms with E-state index in [2.05, 4.69) is 26.2 Å². The van der Waals surface area contributed by atoms with Crippen LogP contribution in [0.4, 0.5) is 9.18 Å². The minimum atomic E-state index is -1.67. The minimum absolute atomic E-state index is 0.0163. The van der Waals surface area contributed by atoms with Crippen LogP contribution in [0.5, 0.6) is 0 Å². The summed E-state index contributed by atoms with van der Waals surface area (Å²) in [7, 11) is 0. The molecule has 0 bridgehead atoms. The number of carbonyl (C=O) groups is 2. The fourth-order valence-electron chi connectivity index (χ4n) is 3.64. The Morgan fingerprint density at radius 3 is 2.30 bits per heavy atom. The van der Waals surface area contributed by atoms with E-state index in [1.165, 1.54) is 6.20 Å². The van der Waals surface area contributed by atoms with Crippen molar-refractivity contribution in [2.75, 3.05) is 6.61 Å². The van der Waals surface area contributed by atoms with Crippen molar-refractivity contribution in [3.8, 4) is 11.1 Å². The van der Waals surface area contributed by atoms with E-state index < -0.39 is 29.6 Å². The summed E-state index contributed by atoms with van der Waals surface area (Å²) in [4.78, 5) is 27.7. The molecule has 0 radical (unpaired) electrons. The molecule has 4 rings (SSSR count). The monoisotopic (exact) mass is 470 g/mol. The van der Waals surface area contributed by atoms with E-state index in [1.807, 2.05) is 48.5 Å². The first-order valence-corrected chi connectivity index (χ1v) is 9.90. The van der Waals surface area contributed by atoms with Crippen molar-refractivity contribution in [3.63, 3.8) is 0 Å². The Kier molecular flexibility index (Phi) is 5.50. The fourth-order valence-corrected chi connectivity index (χ4v) is 3.95. The van der Waals surface area contributed by atoms with Crippen LogP contribution in [0.25, 0.3) is 11.1 Å². The fraction of sp³-hybridized carbons (Fsp3) is 0.136. The molecule has 3 aromatic rings. The molecule has 0 saturated heterocycles. The van der Waals surface area contributed by atoms with Crippen LogP contribution < -0.4 is 5.32 Å². The van der Waals surface area contributed by atoms with Crippen molar-refractivity contribution in [2.45, 2.75) is 12.0 Å². The Morgan fingerprint density at radius 1 is 1.13 bits per heavy atom. The standard InChI is InChI=1S/C22H16BrFN2O4/c23-12-9-18(24)19(25-10-12)20(21(27)28)26-22(29)30-11-17-15-7-3-1-5-13(15)14-6-2-4-8-16(14)17/h1-10,17,20H,11H2,(H,26,29)(H,27,28). The number of carboxylic acids is 1. The van der Waals surface area contributed by atoms with E-state index in [-0.39, 0.29) is 12.5 Å². The number of alkyl carbamates (subject to hydrolysis) is 1. The molecule has 0 fully saturated rings. The van der Waals surface area contributed by atoms with E-state index in [4.69, 9.17) is 4.74 Å². The summed E-state index contributed by atoms with van der Waals surface area (Å²) in [6, 6.07) is 15.1. The van der Waals surface area contributed by atoms with Gasteiger partial charge in [-0.15, -0.1) is 0 Å². The lowest BCUT2D eigenvalue weighted by atomic mass is 9.98. The third-order valence-corrected chi connectivity index (χ3v) is 5.40. The Morgan fingerprint density at radius 2 is 1.73 bits per heavy atom. The van der Waals surface area contributed by atoms with E-state index >= 15 is 0 Å². The van der Waals surface area contributed by atoms with E-state index in [1.54, 1.807) is 0 Å². The van der Waals surface area contributed by atoms with Crippen LogP contribution in [-0.2, 0) is 9.53 Å². The highest BCUT2D eigenvalue weighted by Gasteiger charge is 2.31. The third kappa shape index (κ3) is 3.78. The lowest BCUT2D eigenvalue weighted by Crippen LogP contribution is -2.36. The molecule has 1 heterocycles. The Labute approximate surface area is 179 Å². The zero-order valence-electron chi connectivity index (χ0n) is 15.5. The summed E-state index contributed by atoms with van der Waals surface area (Å²) in [6.45, 7) is 0.0163. The van der Waals surface area contributed by atoms with Gasteiger partial charge in [0.15, 0.2) is 6.04 Å². The number of fused-ring (bicyclic) bond motifs is 3. The molecule has 1 atom stereocenters. The normalized spacial score (nSPS) is 13.3. The van der Waals surface area contributed by atoms with Crippen molar-refractivity contribution < 1.29 is 23.8 Å². The minimum Gasteiger partial charge on any atom is -0.479 e. The van der Waals surface area contributed by atoms with Gasteiger partial charge in [0, 0.05) is 16.6 Å². The largest absolute Gasteiger partial charge is 0.479 e. The van der Waals surface area contributed by atoms with Crippen LogP contribution in [-0.4, -0.2) is 28.8 Å². The van der Waals surface area contributed by atoms with Crippen molar-refractivity contribution in [2.24, 2.45) is 0 Å². The number of hydrogen-bond acceptors (Lipinski definition) is 4. The SMILES string of the molecule is O=C(NC(C(=O)O)c1ncc(Br)cc1F)OCC1c2ccccc2-c2ccccc21. The van der Waals surface area contributed by atoms with Crippen LogP contribution in [0.15, 0.2) is 65.3 Å². The zero-order chi connectivity index (χ0) is 21.3. The first-order chi connectivity index (χ1) is 14.5. The summed E-state index contributed by atoms with van der Waals surface area (Å²) in [5.74, 6) is -2.47. The number of nitrogens with zero attached hydrogens (tertiary/aromatic N) is 1. The Balaban J connectivity index is 1.50. The van der Waals surface area contributed by atoms with Gasteiger partial charge < -0.3 is 15.2 Å². The lowest BCUT2D eigenvalue weighted by Gasteiger charge is -2.17. The molecule has 8 heteroatoms. The highest BCUT2D eigenvalue weighted by atomic mass is 79.9. The molecule has 1 unspecified atom stereocenters. The van der Waals surface area contributed by atoms with Gasteiger partial charge in [-0.25, -0.2) is 14.0 Å². The van der Waals surface area contributed by atoms with Crippen LogP contribution in [0.1, 0.15) is 28.8 Å². The molecule has 2 aromatic carbocycles. The molecule has 30 heavy (non-hydrogen) atoms. The molecule has 1 amide bonds. The van der Waals surface area contributed by atoms with Gasteiger partial charge in [0.25, 0.3) is 0 Å². The highest BCUT2D eigenvalue weighted by Crippen LogP contribution is 2.44. The molecule has 1 aromatic heterocycles. The maximum Gasteiger partial charge on any atom is 0.408 e. The smallest absolute Gasteiger partial charge is 0.408 e. The van der Waals surface area contributed by atoms with Gasteiger partial charge in [0.2, 0.25) is 0 Å². The van der Waals surface area contributed by atoms with E-state index in [0.29, 0.717) is 4.47 Å². The van der Waals surface area contributed by atoms with Crippen molar-refractivity contribution in [1.82, 2.24) is 10.3 Å². The number of aliphatic carboxylic acids is 1. The lowest BCUT2D eigenvalue weighted by molar-refractivity contribution is -0.139. The maximum absolute atomic E-state index is 14.1. The molecule has 0 spiro atoms. The second-order valence-corrected chi connectivity index (χ2v) is 7.68. The number of pyridine rings is 1. The maximum atomic E-state index is 14.1. The number of hydrogen-bond donors (Lipinski definition) is 2. The van der Waals surface area contributed by atoms with Crippen LogP contribution in [0.3, 0.4) is 0 Å². The molecule has 1 aliphatic carbocycles. The average Bonchev–Trinajstić information content (AvgIpc) is 3.05. The molecule has 0 saturated carbocycles. The van der Waals surface area contributed by atoms with Gasteiger partial charge in [-0.05, 0) is 44.3 Å². The van der Waals surface area contributed by atoms with Crippen molar-refractivity contribution in [3.05, 3.63) is 87.9 Å². The first-order valence-electron chi connectivity index (χ1n) is 9.11. The van der Waals surface area contributed by atoms with E-state index in [0.717, 1.165) is 28.3 Å². The van der Waals surface area contributed by atoms with E-state index in [9.17, 15) is 19.1 Å². The number of nitrogens with one attached hydrogen (secondary N) is 1. The number of rotatable bonds is 5. The second kappa shape index (κ2) is 8.23. The summed E-state index contributed by atoms with van der Waals surface area (Å²) < 4.78 is 19.8. The molecule has 1 aliphatic rings. The van der Waals surface area contributed by atoms with Gasteiger partial charge >= 0.3 is 12.1 Å². The Bertz CT molecular complexity index is 1090. The molecule has 6 nitrogen and oxygen atoms in total. The average molecular weight is 471 g/mol. The van der Waals surface area contributed by atoms with Gasteiger partial charge in [0.05, 0.1) is 0 Å². The van der Waals surface area contributed by atoms with Crippen molar-refractivity contribution in [1.29, 1.82) is 0 Å². The summed E-state index contributed by atoms with van der Waals surface area (Å²) in [6.07, 6.45) is 0.293. The number of benzene rings is 2. The predicted octanol–water partition coefficient (Wildman–Crippen LogP) is 4.65. The zero-order valence-corrected chi connectivity index (χ0v) is 17.1. The first kappa shape index (κ1) is 20.0. The predicted molar refractivity (Wildman–Crippen MR) is 110 cm³/mol. The molecule has 152 valence electrons. The Hall–Kier alpha value is -3.26. The third-order valence-electron chi connectivity index (χ3n) is 4.96. The quantitative estimate of drug-likeness (QED) is 0.566. The summed E-state index contributed by atoms with van der Waals surface area (Å²) >= 11 is 3.06.